The Labute approximate surface area is 150 Å². The Hall–Kier alpha value is -1.85. The van der Waals surface area contributed by atoms with E-state index in [4.69, 9.17) is 0 Å². The zero-order valence-electron chi connectivity index (χ0n) is 15.7. The average molecular weight is 342 g/mol. The van der Waals surface area contributed by atoms with Gasteiger partial charge < -0.3 is 15.1 Å². The molecule has 5 heteroatoms. The molecule has 136 valence electrons. The van der Waals surface area contributed by atoms with Gasteiger partial charge in [-0.2, -0.15) is 0 Å². The van der Waals surface area contributed by atoms with Gasteiger partial charge in [-0.05, 0) is 71.1 Å². The van der Waals surface area contributed by atoms with Crippen LogP contribution in [0.3, 0.4) is 0 Å². The third-order valence-electron chi connectivity index (χ3n) is 4.99. The maximum atomic E-state index is 12.7. The number of nitrogens with one attached hydrogen (secondary N) is 1. The van der Waals surface area contributed by atoms with E-state index in [9.17, 15) is 4.79 Å². The van der Waals surface area contributed by atoms with Gasteiger partial charge in [0.2, 0.25) is 0 Å². The Morgan fingerprint density at radius 3 is 2.72 bits per heavy atom. The lowest BCUT2D eigenvalue weighted by Crippen LogP contribution is -2.35. The molecule has 0 atom stereocenters. The van der Waals surface area contributed by atoms with Crippen molar-refractivity contribution in [3.8, 4) is 0 Å². The van der Waals surface area contributed by atoms with Crippen LogP contribution in [0, 0.1) is 6.92 Å². The van der Waals surface area contributed by atoms with Crippen molar-refractivity contribution >= 4 is 16.9 Å². The lowest BCUT2D eigenvalue weighted by atomic mass is 10.1. The van der Waals surface area contributed by atoms with E-state index in [0.29, 0.717) is 6.54 Å². The molecule has 0 radical (unpaired) electrons. The molecule has 1 aromatic heterocycles. The zero-order valence-corrected chi connectivity index (χ0v) is 15.7. The molecule has 25 heavy (non-hydrogen) atoms. The minimum Gasteiger partial charge on any atom is -0.336 e. The maximum absolute atomic E-state index is 12.7. The summed E-state index contributed by atoms with van der Waals surface area (Å²) < 4.78 is 1.78. The standard InChI is InChI=1S/C20H30N4O/c1-16-6-7-19-18(14-16)17(8-12-22(2)3)15-24(19)20(25)21-9-13-23-10-4-5-11-23/h6-7,14-15H,4-5,8-13H2,1-3H3,(H,21,25). The van der Waals surface area contributed by atoms with Gasteiger partial charge in [0.25, 0.3) is 0 Å². The molecule has 0 unspecified atom stereocenters. The number of carbonyl (C=O) groups excluding carboxylic acids is 1. The number of aryl methyl sites for hydroxylation is 1. The highest BCUT2D eigenvalue weighted by molar-refractivity contribution is 5.94. The van der Waals surface area contributed by atoms with E-state index >= 15 is 0 Å². The number of hydrogen-bond donors (Lipinski definition) is 1. The van der Waals surface area contributed by atoms with Crippen molar-refractivity contribution in [3.63, 3.8) is 0 Å². The van der Waals surface area contributed by atoms with Gasteiger partial charge in [-0.3, -0.25) is 4.57 Å². The predicted molar refractivity (Wildman–Crippen MR) is 103 cm³/mol. The third-order valence-corrected chi connectivity index (χ3v) is 4.99. The molecule has 0 aliphatic carbocycles. The van der Waals surface area contributed by atoms with E-state index in [-0.39, 0.29) is 6.03 Å². The number of likely N-dealkylation sites (N-methyl/N-ethyl adjacent to an activating group) is 1. The van der Waals surface area contributed by atoms with E-state index in [0.717, 1.165) is 38.1 Å². The molecule has 1 N–H and O–H groups in total. The zero-order chi connectivity index (χ0) is 17.8. The molecule has 0 bridgehead atoms. The van der Waals surface area contributed by atoms with Gasteiger partial charge in [-0.1, -0.05) is 11.6 Å². The SMILES string of the molecule is Cc1ccc2c(c1)c(CCN(C)C)cn2C(=O)NCCN1CCCC1. The van der Waals surface area contributed by atoms with Crippen LogP contribution in [0.2, 0.25) is 0 Å². The molecule has 3 rings (SSSR count). The summed E-state index contributed by atoms with van der Waals surface area (Å²) in [6.45, 7) is 7.05. The lowest BCUT2D eigenvalue weighted by molar-refractivity contribution is 0.240. The summed E-state index contributed by atoms with van der Waals surface area (Å²) in [5.74, 6) is 0. The number of aromatic nitrogens is 1. The van der Waals surface area contributed by atoms with Crippen molar-refractivity contribution in [2.75, 3.05) is 46.8 Å². The van der Waals surface area contributed by atoms with Gasteiger partial charge in [0.05, 0.1) is 5.52 Å². The van der Waals surface area contributed by atoms with Crippen molar-refractivity contribution in [1.82, 2.24) is 19.7 Å². The second kappa shape index (κ2) is 8.02. The summed E-state index contributed by atoms with van der Waals surface area (Å²) in [5, 5.41) is 4.27. The molecular weight excluding hydrogens is 312 g/mol. The molecule has 2 aromatic rings. The summed E-state index contributed by atoms with van der Waals surface area (Å²) in [6, 6.07) is 6.30. The summed E-state index contributed by atoms with van der Waals surface area (Å²) in [7, 11) is 4.16. The first-order chi connectivity index (χ1) is 12.0. The molecule has 1 aliphatic heterocycles. The van der Waals surface area contributed by atoms with Crippen LogP contribution in [-0.2, 0) is 6.42 Å². The normalized spacial score (nSPS) is 15.4. The molecule has 0 spiro atoms. The minimum absolute atomic E-state index is 0.0239. The van der Waals surface area contributed by atoms with Crippen molar-refractivity contribution in [2.24, 2.45) is 0 Å². The van der Waals surface area contributed by atoms with E-state index in [2.05, 4.69) is 54.3 Å². The largest absolute Gasteiger partial charge is 0.336 e. The number of benzene rings is 1. The van der Waals surface area contributed by atoms with Gasteiger partial charge in [0.15, 0.2) is 0 Å². The van der Waals surface area contributed by atoms with Crippen molar-refractivity contribution in [2.45, 2.75) is 26.2 Å². The first kappa shape index (κ1) is 18.0. The Morgan fingerprint density at radius 1 is 1.24 bits per heavy atom. The molecular formula is C20H30N4O. The Bertz CT molecular complexity index is 729. The summed E-state index contributed by atoms with van der Waals surface area (Å²) >= 11 is 0. The second-order valence-electron chi connectivity index (χ2n) is 7.38. The Morgan fingerprint density at radius 2 is 2.00 bits per heavy atom. The molecule has 1 aromatic carbocycles. The summed E-state index contributed by atoms with van der Waals surface area (Å²) in [6.07, 6.45) is 5.52. The number of hydrogen-bond acceptors (Lipinski definition) is 3. The molecule has 5 nitrogen and oxygen atoms in total. The fraction of sp³-hybridized carbons (Fsp3) is 0.550. The number of fused-ring (bicyclic) bond motifs is 1. The van der Waals surface area contributed by atoms with Crippen LogP contribution in [0.15, 0.2) is 24.4 Å². The van der Waals surface area contributed by atoms with E-state index in [1.807, 2.05) is 6.20 Å². The van der Waals surface area contributed by atoms with E-state index < -0.39 is 0 Å². The van der Waals surface area contributed by atoms with Crippen LogP contribution in [-0.4, -0.2) is 67.2 Å². The fourth-order valence-corrected chi connectivity index (χ4v) is 3.54. The van der Waals surface area contributed by atoms with Gasteiger partial charge in [0.1, 0.15) is 0 Å². The molecule has 1 aliphatic rings. The molecule has 1 fully saturated rings. The second-order valence-corrected chi connectivity index (χ2v) is 7.38. The molecule has 1 saturated heterocycles. The van der Waals surface area contributed by atoms with Crippen LogP contribution < -0.4 is 5.32 Å². The van der Waals surface area contributed by atoms with Crippen LogP contribution in [0.25, 0.3) is 10.9 Å². The van der Waals surface area contributed by atoms with Gasteiger partial charge in [-0.25, -0.2) is 4.79 Å². The van der Waals surface area contributed by atoms with E-state index in [1.54, 1.807) is 4.57 Å². The number of rotatable bonds is 6. The smallest absolute Gasteiger partial charge is 0.326 e. The van der Waals surface area contributed by atoms with Crippen molar-refractivity contribution in [3.05, 3.63) is 35.5 Å². The fourth-order valence-electron chi connectivity index (χ4n) is 3.54. The number of nitrogens with zero attached hydrogens (tertiary/aromatic N) is 3. The van der Waals surface area contributed by atoms with Gasteiger partial charge >= 0.3 is 6.03 Å². The summed E-state index contributed by atoms with van der Waals surface area (Å²) in [5.41, 5.74) is 3.46. The monoisotopic (exact) mass is 342 g/mol. The summed E-state index contributed by atoms with van der Waals surface area (Å²) in [4.78, 5) is 17.3. The topological polar surface area (TPSA) is 40.5 Å². The number of likely N-dealkylation sites (tertiary alicyclic amines) is 1. The quantitative estimate of drug-likeness (QED) is 0.877. The third kappa shape index (κ3) is 4.41. The van der Waals surface area contributed by atoms with E-state index in [1.165, 1.54) is 29.4 Å². The van der Waals surface area contributed by atoms with Crippen LogP contribution in [0.4, 0.5) is 4.79 Å². The predicted octanol–water partition coefficient (Wildman–Crippen LogP) is 2.71. The highest BCUT2D eigenvalue weighted by atomic mass is 16.2. The molecule has 1 amide bonds. The first-order valence-corrected chi connectivity index (χ1v) is 9.30. The lowest BCUT2D eigenvalue weighted by Gasteiger charge is -2.15. The van der Waals surface area contributed by atoms with Crippen LogP contribution in [0.1, 0.15) is 24.0 Å². The van der Waals surface area contributed by atoms with Gasteiger partial charge in [0, 0.05) is 31.2 Å². The van der Waals surface area contributed by atoms with Crippen LogP contribution in [0.5, 0.6) is 0 Å². The van der Waals surface area contributed by atoms with Crippen molar-refractivity contribution in [1.29, 1.82) is 0 Å². The minimum atomic E-state index is -0.0239. The first-order valence-electron chi connectivity index (χ1n) is 9.30. The highest BCUT2D eigenvalue weighted by Gasteiger charge is 2.15. The Balaban J connectivity index is 1.73. The van der Waals surface area contributed by atoms with Crippen molar-refractivity contribution < 1.29 is 4.79 Å². The Kier molecular flexibility index (Phi) is 5.76. The average Bonchev–Trinajstić information content (AvgIpc) is 3.20. The molecule has 0 saturated carbocycles. The van der Waals surface area contributed by atoms with Gasteiger partial charge in [-0.15, -0.1) is 0 Å². The van der Waals surface area contributed by atoms with Crippen LogP contribution >= 0.6 is 0 Å². The number of carbonyl (C=O) groups is 1. The molecule has 2 heterocycles. The maximum Gasteiger partial charge on any atom is 0.326 e. The number of amides is 1. The highest BCUT2D eigenvalue weighted by Crippen LogP contribution is 2.23.